The second-order valence-electron chi connectivity index (χ2n) is 4.84. The highest BCUT2D eigenvalue weighted by Gasteiger charge is 2.06. The average molecular weight is 288 g/mol. The number of halogens is 1. The van der Waals surface area contributed by atoms with Gasteiger partial charge in [0.05, 0.1) is 6.10 Å². The van der Waals surface area contributed by atoms with Gasteiger partial charge in [0.1, 0.15) is 5.82 Å². The Kier molecular flexibility index (Phi) is 4.55. The van der Waals surface area contributed by atoms with Crippen LogP contribution in [0.1, 0.15) is 24.2 Å². The van der Waals surface area contributed by atoms with Gasteiger partial charge < -0.3 is 15.7 Å². The van der Waals surface area contributed by atoms with Crippen LogP contribution in [-0.2, 0) is 0 Å². The summed E-state index contributed by atoms with van der Waals surface area (Å²) in [5.41, 5.74) is 2.26. The molecule has 0 bridgehead atoms. The minimum Gasteiger partial charge on any atom is -0.389 e. The van der Waals surface area contributed by atoms with E-state index in [-0.39, 0.29) is 5.82 Å². The molecule has 5 heteroatoms. The molecule has 0 radical (unpaired) electrons. The highest BCUT2D eigenvalue weighted by molar-refractivity contribution is 5.99. The third kappa shape index (κ3) is 4.03. The quantitative estimate of drug-likeness (QED) is 0.803. The van der Waals surface area contributed by atoms with E-state index in [1.165, 1.54) is 6.07 Å². The minimum atomic E-state index is -0.552. The van der Waals surface area contributed by atoms with Gasteiger partial charge in [-0.2, -0.15) is 0 Å². The molecule has 2 aromatic rings. The van der Waals surface area contributed by atoms with Crippen LogP contribution in [0.4, 0.5) is 20.6 Å². The van der Waals surface area contributed by atoms with E-state index in [2.05, 4.69) is 10.6 Å². The summed E-state index contributed by atoms with van der Waals surface area (Å²) < 4.78 is 13.4. The Hall–Kier alpha value is -2.40. The van der Waals surface area contributed by atoms with Crippen molar-refractivity contribution in [2.45, 2.75) is 20.0 Å². The molecule has 4 nitrogen and oxygen atoms in total. The average Bonchev–Trinajstić information content (AvgIpc) is 2.43. The molecule has 0 aliphatic carbocycles. The fourth-order valence-corrected chi connectivity index (χ4v) is 1.81. The topological polar surface area (TPSA) is 61.4 Å². The van der Waals surface area contributed by atoms with E-state index in [1.807, 2.05) is 0 Å². The first-order valence-electron chi connectivity index (χ1n) is 6.58. The highest BCUT2D eigenvalue weighted by atomic mass is 19.1. The summed E-state index contributed by atoms with van der Waals surface area (Å²) in [7, 11) is 0. The number of urea groups is 1. The molecule has 110 valence electrons. The predicted octanol–water partition coefficient (Wildman–Crippen LogP) is 3.83. The Morgan fingerprint density at radius 3 is 2.24 bits per heavy atom. The second-order valence-corrected chi connectivity index (χ2v) is 4.84. The molecule has 0 aromatic heterocycles. The first-order valence-corrected chi connectivity index (χ1v) is 6.58. The molecule has 0 aliphatic rings. The number of hydrogen-bond acceptors (Lipinski definition) is 2. The van der Waals surface area contributed by atoms with E-state index < -0.39 is 12.1 Å². The summed E-state index contributed by atoms with van der Waals surface area (Å²) in [4.78, 5) is 11.8. The van der Waals surface area contributed by atoms with Crippen LogP contribution in [0, 0.1) is 12.7 Å². The zero-order chi connectivity index (χ0) is 15.4. The van der Waals surface area contributed by atoms with E-state index in [0.717, 1.165) is 5.56 Å². The molecule has 0 saturated heterocycles. The lowest BCUT2D eigenvalue weighted by Crippen LogP contribution is -2.19. The molecule has 0 spiro atoms. The van der Waals surface area contributed by atoms with Crippen molar-refractivity contribution >= 4 is 17.4 Å². The van der Waals surface area contributed by atoms with E-state index in [0.29, 0.717) is 16.9 Å². The Morgan fingerprint density at radius 2 is 1.67 bits per heavy atom. The summed E-state index contributed by atoms with van der Waals surface area (Å²) in [6, 6.07) is 10.9. The Morgan fingerprint density at radius 1 is 1.10 bits per heavy atom. The molecule has 2 aromatic carbocycles. The van der Waals surface area contributed by atoms with Crippen LogP contribution in [0.2, 0.25) is 0 Å². The van der Waals surface area contributed by atoms with Crippen molar-refractivity contribution in [1.82, 2.24) is 0 Å². The molecule has 1 atom stereocenters. The number of anilines is 2. The molecule has 2 rings (SSSR count). The Balaban J connectivity index is 1.99. The van der Waals surface area contributed by atoms with Gasteiger partial charge in [-0.05, 0) is 49.2 Å². The van der Waals surface area contributed by atoms with Crippen LogP contribution >= 0.6 is 0 Å². The minimum absolute atomic E-state index is 0.367. The van der Waals surface area contributed by atoms with Crippen molar-refractivity contribution < 1.29 is 14.3 Å². The monoisotopic (exact) mass is 288 g/mol. The lowest BCUT2D eigenvalue weighted by atomic mass is 10.1. The normalized spacial score (nSPS) is 11.8. The van der Waals surface area contributed by atoms with Crippen LogP contribution in [0.3, 0.4) is 0 Å². The van der Waals surface area contributed by atoms with Crippen LogP contribution in [0.15, 0.2) is 42.5 Å². The zero-order valence-corrected chi connectivity index (χ0v) is 11.9. The molecule has 0 fully saturated rings. The van der Waals surface area contributed by atoms with E-state index >= 15 is 0 Å². The lowest BCUT2D eigenvalue weighted by molar-refractivity contribution is 0.199. The number of aliphatic hydroxyl groups is 1. The number of amides is 2. The summed E-state index contributed by atoms with van der Waals surface area (Å²) in [6.45, 7) is 3.32. The number of carbonyl (C=O) groups is 1. The molecule has 21 heavy (non-hydrogen) atoms. The van der Waals surface area contributed by atoms with Crippen molar-refractivity contribution in [1.29, 1.82) is 0 Å². The van der Waals surface area contributed by atoms with E-state index in [9.17, 15) is 14.3 Å². The number of hydrogen-bond donors (Lipinski definition) is 3. The molecule has 1 unspecified atom stereocenters. The molecule has 0 aliphatic heterocycles. The van der Waals surface area contributed by atoms with Crippen molar-refractivity contribution in [2.75, 3.05) is 10.6 Å². The summed E-state index contributed by atoms with van der Waals surface area (Å²) >= 11 is 0. The van der Waals surface area contributed by atoms with Crippen LogP contribution in [-0.4, -0.2) is 11.1 Å². The van der Waals surface area contributed by atoms with Gasteiger partial charge in [0, 0.05) is 11.4 Å². The fraction of sp³-hybridized carbons (Fsp3) is 0.188. The first kappa shape index (κ1) is 15.0. The highest BCUT2D eigenvalue weighted by Crippen LogP contribution is 2.17. The number of nitrogens with one attached hydrogen (secondary N) is 2. The number of rotatable bonds is 3. The third-order valence-corrected chi connectivity index (χ3v) is 3.08. The molecule has 2 amide bonds. The molecule has 0 heterocycles. The number of aliphatic hydroxyl groups excluding tert-OH is 1. The van der Waals surface area contributed by atoms with Crippen LogP contribution in [0.25, 0.3) is 0 Å². The molecular weight excluding hydrogens is 271 g/mol. The van der Waals surface area contributed by atoms with Gasteiger partial charge >= 0.3 is 6.03 Å². The van der Waals surface area contributed by atoms with Gasteiger partial charge in [-0.1, -0.05) is 18.2 Å². The van der Waals surface area contributed by atoms with Crippen molar-refractivity contribution in [3.05, 3.63) is 59.4 Å². The van der Waals surface area contributed by atoms with Gasteiger partial charge in [-0.25, -0.2) is 9.18 Å². The molecular formula is C16H17FN2O2. The predicted molar refractivity (Wildman–Crippen MR) is 80.9 cm³/mol. The Bertz CT molecular complexity index is 639. The lowest BCUT2D eigenvalue weighted by Gasteiger charge is -2.10. The van der Waals surface area contributed by atoms with E-state index in [1.54, 1.807) is 50.2 Å². The maximum absolute atomic E-state index is 13.4. The van der Waals surface area contributed by atoms with Crippen LogP contribution in [0.5, 0.6) is 0 Å². The van der Waals surface area contributed by atoms with Gasteiger partial charge in [0.15, 0.2) is 0 Å². The molecule has 3 N–H and O–H groups in total. The third-order valence-electron chi connectivity index (χ3n) is 3.08. The van der Waals surface area contributed by atoms with Gasteiger partial charge in [0.2, 0.25) is 0 Å². The van der Waals surface area contributed by atoms with Crippen LogP contribution < -0.4 is 10.6 Å². The standard InChI is InChI=1S/C16H17FN2O2/c1-10-3-6-14(9-15(10)17)19-16(21)18-13-7-4-12(5-8-13)11(2)20/h3-9,11,20H,1-2H3,(H2,18,19,21). The number of aryl methyl sites for hydroxylation is 1. The van der Waals surface area contributed by atoms with Gasteiger partial charge in [-0.3, -0.25) is 0 Å². The first-order chi connectivity index (χ1) is 9.95. The maximum Gasteiger partial charge on any atom is 0.323 e. The summed E-state index contributed by atoms with van der Waals surface area (Å²) in [5.74, 6) is -0.367. The molecule has 0 saturated carbocycles. The summed E-state index contributed by atoms with van der Waals surface area (Å²) in [6.07, 6.45) is -0.552. The number of carbonyl (C=O) groups excluding carboxylic acids is 1. The zero-order valence-electron chi connectivity index (χ0n) is 11.9. The van der Waals surface area contributed by atoms with Gasteiger partial charge in [-0.15, -0.1) is 0 Å². The maximum atomic E-state index is 13.4. The fourth-order valence-electron chi connectivity index (χ4n) is 1.81. The van der Waals surface area contributed by atoms with E-state index in [4.69, 9.17) is 0 Å². The summed E-state index contributed by atoms with van der Waals surface area (Å²) in [5, 5.41) is 14.6. The SMILES string of the molecule is Cc1ccc(NC(=O)Nc2ccc(C(C)O)cc2)cc1F. The Labute approximate surface area is 122 Å². The van der Waals surface area contributed by atoms with Crippen molar-refractivity contribution in [3.8, 4) is 0 Å². The number of benzene rings is 2. The largest absolute Gasteiger partial charge is 0.389 e. The smallest absolute Gasteiger partial charge is 0.323 e. The second kappa shape index (κ2) is 6.37. The van der Waals surface area contributed by atoms with Crippen molar-refractivity contribution in [3.63, 3.8) is 0 Å². The van der Waals surface area contributed by atoms with Gasteiger partial charge in [0.25, 0.3) is 0 Å². The van der Waals surface area contributed by atoms with Crippen molar-refractivity contribution in [2.24, 2.45) is 0 Å².